The van der Waals surface area contributed by atoms with E-state index in [4.69, 9.17) is 5.73 Å². The molecule has 0 unspecified atom stereocenters. The lowest BCUT2D eigenvalue weighted by Crippen LogP contribution is -2.43. The smallest absolute Gasteiger partial charge is 0.243 e. The Hall–Kier alpha value is -1.67. The molecule has 1 aromatic rings. The number of nitrogens with one attached hydrogen (secondary N) is 2. The van der Waals surface area contributed by atoms with E-state index in [1.807, 2.05) is 0 Å². The summed E-state index contributed by atoms with van der Waals surface area (Å²) in [7, 11) is -2.59. The number of hydrogen-bond donors (Lipinski definition) is 3. The Morgan fingerprint density at radius 2 is 2.00 bits per heavy atom. The van der Waals surface area contributed by atoms with Crippen molar-refractivity contribution in [3.63, 3.8) is 0 Å². The first-order valence-corrected chi connectivity index (χ1v) is 7.35. The van der Waals surface area contributed by atoms with Gasteiger partial charge < -0.3 is 11.1 Å². The highest BCUT2D eigenvalue weighted by atomic mass is 32.2. The molecule has 0 spiro atoms. The van der Waals surface area contributed by atoms with E-state index in [2.05, 4.69) is 10.0 Å². The molecule has 4 N–H and O–H groups in total. The predicted octanol–water partition coefficient (Wildman–Crippen LogP) is 0.458. The second-order valence-electron chi connectivity index (χ2n) is 4.98. The van der Waals surface area contributed by atoms with Gasteiger partial charge in [0.15, 0.2) is 0 Å². The van der Waals surface area contributed by atoms with Crippen molar-refractivity contribution in [3.05, 3.63) is 24.0 Å². The molecule has 1 amide bonds. The van der Waals surface area contributed by atoms with Gasteiger partial charge in [-0.15, -0.1) is 0 Å². The zero-order valence-corrected chi connectivity index (χ0v) is 12.3. The number of rotatable bonds is 5. The summed E-state index contributed by atoms with van der Waals surface area (Å²) >= 11 is 0. The first-order valence-electron chi connectivity index (χ1n) is 5.87. The van der Waals surface area contributed by atoms with Crippen LogP contribution in [-0.2, 0) is 14.8 Å². The fraction of sp³-hybridized carbons (Fsp3) is 0.417. The topological polar surface area (TPSA) is 101 Å². The van der Waals surface area contributed by atoms with Crippen molar-refractivity contribution in [2.24, 2.45) is 5.41 Å². The molecule has 0 saturated carbocycles. The molecule has 8 heteroatoms. The monoisotopic (exact) mass is 303 g/mol. The minimum Gasteiger partial charge on any atom is -0.399 e. The molecule has 0 saturated heterocycles. The number of anilines is 1. The van der Waals surface area contributed by atoms with Gasteiger partial charge in [0.2, 0.25) is 15.9 Å². The largest absolute Gasteiger partial charge is 0.399 e. The molecule has 20 heavy (non-hydrogen) atoms. The lowest BCUT2D eigenvalue weighted by Gasteiger charge is -2.22. The summed E-state index contributed by atoms with van der Waals surface area (Å²) in [6.07, 6.45) is 0. The van der Waals surface area contributed by atoms with Crippen LogP contribution in [0.1, 0.15) is 13.8 Å². The average Bonchev–Trinajstić information content (AvgIpc) is 2.35. The summed E-state index contributed by atoms with van der Waals surface area (Å²) in [5.41, 5.74) is 4.54. The molecule has 112 valence electrons. The van der Waals surface area contributed by atoms with Crippen LogP contribution in [0.5, 0.6) is 0 Å². The van der Waals surface area contributed by atoms with E-state index in [0.717, 1.165) is 12.1 Å². The SMILES string of the molecule is CNC(=O)C(C)(C)CNS(=O)(=O)c1ccc(N)cc1F. The Bertz CT molecular complexity index is 614. The van der Waals surface area contributed by atoms with Gasteiger partial charge in [-0.3, -0.25) is 4.79 Å². The van der Waals surface area contributed by atoms with Crippen molar-refractivity contribution in [1.82, 2.24) is 10.0 Å². The van der Waals surface area contributed by atoms with Gasteiger partial charge in [-0.25, -0.2) is 17.5 Å². The zero-order valence-electron chi connectivity index (χ0n) is 11.5. The van der Waals surface area contributed by atoms with Gasteiger partial charge >= 0.3 is 0 Å². The van der Waals surface area contributed by atoms with Crippen LogP contribution in [0.4, 0.5) is 10.1 Å². The number of sulfonamides is 1. The van der Waals surface area contributed by atoms with E-state index in [1.54, 1.807) is 13.8 Å². The van der Waals surface area contributed by atoms with Gasteiger partial charge in [0.05, 0.1) is 5.41 Å². The number of nitrogen functional groups attached to an aromatic ring is 1. The summed E-state index contributed by atoms with van der Waals surface area (Å²) < 4.78 is 39.8. The maximum atomic E-state index is 13.6. The molecule has 0 radical (unpaired) electrons. The van der Waals surface area contributed by atoms with Crippen LogP contribution < -0.4 is 15.8 Å². The van der Waals surface area contributed by atoms with Crippen LogP contribution >= 0.6 is 0 Å². The highest BCUT2D eigenvalue weighted by Gasteiger charge is 2.29. The van der Waals surface area contributed by atoms with Gasteiger partial charge in [0.1, 0.15) is 10.7 Å². The maximum absolute atomic E-state index is 13.6. The van der Waals surface area contributed by atoms with E-state index in [9.17, 15) is 17.6 Å². The third-order valence-electron chi connectivity index (χ3n) is 2.79. The molecule has 0 aliphatic rings. The Morgan fingerprint density at radius 3 is 2.50 bits per heavy atom. The first-order chi connectivity index (χ1) is 9.10. The number of nitrogens with two attached hydrogens (primary N) is 1. The van der Waals surface area contributed by atoms with Crippen LogP contribution in [-0.4, -0.2) is 27.9 Å². The maximum Gasteiger partial charge on any atom is 0.243 e. The van der Waals surface area contributed by atoms with E-state index >= 15 is 0 Å². The van der Waals surface area contributed by atoms with Crippen LogP contribution in [0.25, 0.3) is 0 Å². The normalized spacial score (nSPS) is 12.2. The van der Waals surface area contributed by atoms with Gasteiger partial charge in [0, 0.05) is 19.3 Å². The molecule has 0 aliphatic carbocycles. The van der Waals surface area contributed by atoms with Crippen molar-refractivity contribution in [2.75, 3.05) is 19.3 Å². The molecule has 0 fully saturated rings. The summed E-state index contributed by atoms with van der Waals surface area (Å²) in [6, 6.07) is 3.31. The van der Waals surface area contributed by atoms with Crippen molar-refractivity contribution in [3.8, 4) is 0 Å². The van der Waals surface area contributed by atoms with Gasteiger partial charge in [0.25, 0.3) is 0 Å². The van der Waals surface area contributed by atoms with Gasteiger partial charge in [-0.1, -0.05) is 0 Å². The molecule has 0 atom stereocenters. The fourth-order valence-corrected chi connectivity index (χ4v) is 2.78. The summed E-state index contributed by atoms with van der Waals surface area (Å²) in [5.74, 6) is -1.26. The molecule has 1 rings (SSSR count). The summed E-state index contributed by atoms with van der Waals surface area (Å²) in [5, 5.41) is 2.44. The molecule has 0 aliphatic heterocycles. The molecule has 0 bridgehead atoms. The molecule has 0 aromatic heterocycles. The number of benzene rings is 1. The number of amides is 1. The van der Waals surface area contributed by atoms with Crippen LogP contribution in [0, 0.1) is 11.2 Å². The van der Waals surface area contributed by atoms with Crippen LogP contribution in [0.15, 0.2) is 23.1 Å². The lowest BCUT2D eigenvalue weighted by atomic mass is 9.93. The second-order valence-corrected chi connectivity index (χ2v) is 6.71. The van der Waals surface area contributed by atoms with Crippen LogP contribution in [0.3, 0.4) is 0 Å². The standard InChI is InChI=1S/C12H18FN3O3S/c1-12(2,11(17)15-3)7-16-20(18,19)10-5-4-8(14)6-9(10)13/h4-6,16H,7,14H2,1-3H3,(H,15,17). The average molecular weight is 303 g/mol. The predicted molar refractivity (Wildman–Crippen MR) is 73.8 cm³/mol. The van der Waals surface area contributed by atoms with Crippen molar-refractivity contribution < 1.29 is 17.6 Å². The third-order valence-corrected chi connectivity index (χ3v) is 4.23. The van der Waals surface area contributed by atoms with E-state index < -0.39 is 26.2 Å². The minimum absolute atomic E-state index is 0.132. The minimum atomic E-state index is -4.04. The number of carbonyl (C=O) groups is 1. The van der Waals surface area contributed by atoms with Crippen molar-refractivity contribution >= 4 is 21.6 Å². The molecular weight excluding hydrogens is 285 g/mol. The number of halogens is 1. The van der Waals surface area contributed by atoms with Gasteiger partial charge in [-0.2, -0.15) is 0 Å². The fourth-order valence-electron chi connectivity index (χ4n) is 1.51. The molecule has 6 nitrogen and oxygen atoms in total. The van der Waals surface area contributed by atoms with E-state index in [1.165, 1.54) is 13.1 Å². The molecule has 1 aromatic carbocycles. The summed E-state index contributed by atoms with van der Waals surface area (Å²) in [4.78, 5) is 11.1. The summed E-state index contributed by atoms with van der Waals surface area (Å²) in [6.45, 7) is 3.00. The van der Waals surface area contributed by atoms with E-state index in [0.29, 0.717) is 0 Å². The molecular formula is C12H18FN3O3S. The van der Waals surface area contributed by atoms with E-state index in [-0.39, 0.29) is 18.1 Å². The number of hydrogen-bond acceptors (Lipinski definition) is 4. The second kappa shape index (κ2) is 5.76. The van der Waals surface area contributed by atoms with Gasteiger partial charge in [-0.05, 0) is 32.0 Å². The Morgan fingerprint density at radius 1 is 1.40 bits per heavy atom. The Balaban J connectivity index is 2.94. The number of carbonyl (C=O) groups excluding carboxylic acids is 1. The highest BCUT2D eigenvalue weighted by molar-refractivity contribution is 7.89. The Labute approximate surface area is 117 Å². The third kappa shape index (κ3) is 3.67. The van der Waals surface area contributed by atoms with Crippen molar-refractivity contribution in [1.29, 1.82) is 0 Å². The lowest BCUT2D eigenvalue weighted by molar-refractivity contribution is -0.128. The zero-order chi connectivity index (χ0) is 15.6. The first kappa shape index (κ1) is 16.4. The Kier molecular flexibility index (Phi) is 4.72. The van der Waals surface area contributed by atoms with Crippen LogP contribution in [0.2, 0.25) is 0 Å². The quantitative estimate of drug-likeness (QED) is 0.688. The highest BCUT2D eigenvalue weighted by Crippen LogP contribution is 2.19. The molecule has 0 heterocycles. The van der Waals surface area contributed by atoms with Crippen molar-refractivity contribution in [2.45, 2.75) is 18.7 Å².